The highest BCUT2D eigenvalue weighted by Gasteiger charge is 2.14. The molecule has 0 aliphatic rings. The molecule has 2 heterocycles. The number of hydrogen-bond acceptors (Lipinski definition) is 4. The van der Waals surface area contributed by atoms with Crippen LogP contribution in [0.3, 0.4) is 0 Å². The summed E-state index contributed by atoms with van der Waals surface area (Å²) in [7, 11) is 0. The van der Waals surface area contributed by atoms with Crippen LogP contribution in [0.1, 0.15) is 17.1 Å². The number of aromatic nitrogens is 1. The van der Waals surface area contributed by atoms with Crippen molar-refractivity contribution in [2.75, 3.05) is 0 Å². The predicted octanol–water partition coefficient (Wildman–Crippen LogP) is 2.73. The van der Waals surface area contributed by atoms with Crippen molar-refractivity contribution in [1.82, 2.24) is 4.98 Å². The maximum atomic E-state index is 10.5. The average Bonchev–Trinajstić information content (AvgIpc) is 2.82. The van der Waals surface area contributed by atoms with Gasteiger partial charge in [0.25, 0.3) is 0 Å². The molecule has 4 nitrogen and oxygen atoms in total. The van der Waals surface area contributed by atoms with Crippen molar-refractivity contribution in [1.29, 1.82) is 0 Å². The van der Waals surface area contributed by atoms with E-state index in [2.05, 4.69) is 4.98 Å². The molecule has 2 aromatic rings. The molecular formula is C11H11NO3S. The number of rotatable bonds is 4. The summed E-state index contributed by atoms with van der Waals surface area (Å²) in [6, 6.07) is 3.67. The monoisotopic (exact) mass is 237 g/mol. The van der Waals surface area contributed by atoms with Crippen molar-refractivity contribution in [2.45, 2.75) is 19.8 Å². The molecular weight excluding hydrogens is 226 g/mol. The van der Waals surface area contributed by atoms with Gasteiger partial charge in [-0.15, -0.1) is 11.3 Å². The van der Waals surface area contributed by atoms with Crippen LogP contribution < -0.4 is 0 Å². The SMILES string of the molecule is Cc1nc(CCC(=O)O)c(-c2ccco2)s1. The molecule has 2 rings (SSSR count). The Labute approximate surface area is 96.6 Å². The van der Waals surface area contributed by atoms with Gasteiger partial charge in [0, 0.05) is 6.42 Å². The Morgan fingerprint density at radius 1 is 1.62 bits per heavy atom. The Kier molecular flexibility index (Phi) is 3.05. The van der Waals surface area contributed by atoms with Gasteiger partial charge < -0.3 is 9.52 Å². The van der Waals surface area contributed by atoms with Crippen LogP contribution in [0.15, 0.2) is 22.8 Å². The molecule has 0 spiro atoms. The molecule has 5 heteroatoms. The minimum Gasteiger partial charge on any atom is -0.481 e. The first-order valence-electron chi connectivity index (χ1n) is 4.89. The third-order valence-corrected chi connectivity index (χ3v) is 3.15. The molecule has 0 atom stereocenters. The van der Waals surface area contributed by atoms with Crippen LogP contribution in [-0.4, -0.2) is 16.1 Å². The van der Waals surface area contributed by atoms with Gasteiger partial charge in [-0.25, -0.2) is 4.98 Å². The Bertz CT molecular complexity index is 487. The molecule has 0 aliphatic heterocycles. The molecule has 0 amide bonds. The Balaban J connectivity index is 2.27. The van der Waals surface area contributed by atoms with Gasteiger partial charge in [-0.1, -0.05) is 0 Å². The van der Waals surface area contributed by atoms with E-state index in [1.807, 2.05) is 19.1 Å². The van der Waals surface area contributed by atoms with Crippen molar-refractivity contribution in [3.8, 4) is 10.6 Å². The third-order valence-electron chi connectivity index (χ3n) is 2.12. The number of thiazole rings is 1. The Morgan fingerprint density at radius 2 is 2.44 bits per heavy atom. The maximum absolute atomic E-state index is 10.5. The van der Waals surface area contributed by atoms with Gasteiger partial charge in [0.1, 0.15) is 5.76 Å². The highest BCUT2D eigenvalue weighted by molar-refractivity contribution is 7.15. The van der Waals surface area contributed by atoms with Crippen LogP contribution in [0.5, 0.6) is 0 Å². The summed E-state index contributed by atoms with van der Waals surface area (Å²) < 4.78 is 5.30. The first-order valence-corrected chi connectivity index (χ1v) is 5.70. The maximum Gasteiger partial charge on any atom is 0.303 e. The average molecular weight is 237 g/mol. The number of aliphatic carboxylic acids is 1. The number of carbonyl (C=O) groups is 1. The Morgan fingerprint density at radius 3 is 3.06 bits per heavy atom. The minimum atomic E-state index is -0.809. The highest BCUT2D eigenvalue weighted by Crippen LogP contribution is 2.31. The second-order valence-corrected chi connectivity index (χ2v) is 4.58. The molecule has 84 valence electrons. The van der Waals surface area contributed by atoms with Gasteiger partial charge >= 0.3 is 5.97 Å². The van der Waals surface area contributed by atoms with Crippen LogP contribution >= 0.6 is 11.3 Å². The first-order chi connectivity index (χ1) is 7.66. The zero-order valence-corrected chi connectivity index (χ0v) is 9.58. The lowest BCUT2D eigenvalue weighted by atomic mass is 10.2. The third kappa shape index (κ3) is 2.30. The van der Waals surface area contributed by atoms with Gasteiger partial charge in [-0.3, -0.25) is 4.79 Å². The lowest BCUT2D eigenvalue weighted by Crippen LogP contribution is -1.98. The largest absolute Gasteiger partial charge is 0.481 e. The van der Waals surface area contributed by atoms with E-state index >= 15 is 0 Å². The van der Waals surface area contributed by atoms with E-state index in [-0.39, 0.29) is 6.42 Å². The van der Waals surface area contributed by atoms with E-state index in [4.69, 9.17) is 9.52 Å². The number of carboxylic acid groups (broad SMARTS) is 1. The lowest BCUT2D eigenvalue weighted by molar-refractivity contribution is -0.136. The fraction of sp³-hybridized carbons (Fsp3) is 0.273. The van der Waals surface area contributed by atoms with E-state index in [0.29, 0.717) is 6.42 Å². The normalized spacial score (nSPS) is 10.6. The van der Waals surface area contributed by atoms with E-state index < -0.39 is 5.97 Å². The smallest absolute Gasteiger partial charge is 0.303 e. The second kappa shape index (κ2) is 4.49. The quantitative estimate of drug-likeness (QED) is 0.888. The molecule has 0 saturated heterocycles. The van der Waals surface area contributed by atoms with E-state index in [1.54, 1.807) is 6.26 Å². The molecule has 0 unspecified atom stereocenters. The topological polar surface area (TPSA) is 63.3 Å². The van der Waals surface area contributed by atoms with Gasteiger partial charge in [-0.2, -0.15) is 0 Å². The summed E-state index contributed by atoms with van der Waals surface area (Å²) in [5, 5.41) is 9.58. The molecule has 1 N–H and O–H groups in total. The Hall–Kier alpha value is -1.62. The van der Waals surface area contributed by atoms with Crippen molar-refractivity contribution in [3.05, 3.63) is 29.1 Å². The summed E-state index contributed by atoms with van der Waals surface area (Å²) in [5.41, 5.74) is 0.805. The molecule has 0 fully saturated rings. The highest BCUT2D eigenvalue weighted by atomic mass is 32.1. The first kappa shape index (κ1) is 10.9. The second-order valence-electron chi connectivity index (χ2n) is 3.38. The van der Waals surface area contributed by atoms with Crippen LogP contribution in [0.4, 0.5) is 0 Å². The van der Waals surface area contributed by atoms with Crippen LogP contribution in [0.25, 0.3) is 10.6 Å². The van der Waals surface area contributed by atoms with Crippen molar-refractivity contribution >= 4 is 17.3 Å². The summed E-state index contributed by atoms with van der Waals surface area (Å²) in [5.74, 6) is -0.0537. The number of aryl methyl sites for hydroxylation is 2. The number of furan rings is 1. The number of hydrogen-bond donors (Lipinski definition) is 1. The number of carboxylic acids is 1. The van der Waals surface area contributed by atoms with Gasteiger partial charge in [0.2, 0.25) is 0 Å². The molecule has 0 aromatic carbocycles. The fourth-order valence-corrected chi connectivity index (χ4v) is 2.40. The standard InChI is InChI=1S/C11H11NO3S/c1-7-12-8(4-5-10(13)14)11(16-7)9-3-2-6-15-9/h2-3,6H,4-5H2,1H3,(H,13,14). The van der Waals surface area contributed by atoms with E-state index in [0.717, 1.165) is 21.3 Å². The van der Waals surface area contributed by atoms with Crippen LogP contribution in [0, 0.1) is 6.92 Å². The zero-order valence-electron chi connectivity index (χ0n) is 8.77. The van der Waals surface area contributed by atoms with Crippen LogP contribution in [-0.2, 0) is 11.2 Å². The van der Waals surface area contributed by atoms with E-state index in [9.17, 15) is 4.79 Å². The van der Waals surface area contributed by atoms with Crippen molar-refractivity contribution in [3.63, 3.8) is 0 Å². The van der Waals surface area contributed by atoms with Crippen molar-refractivity contribution < 1.29 is 14.3 Å². The molecule has 0 saturated carbocycles. The van der Waals surface area contributed by atoms with E-state index in [1.165, 1.54) is 11.3 Å². The minimum absolute atomic E-state index is 0.0941. The lowest BCUT2D eigenvalue weighted by Gasteiger charge is -1.96. The molecule has 0 aliphatic carbocycles. The summed E-state index contributed by atoms with van der Waals surface area (Å²) in [4.78, 5) is 15.8. The van der Waals surface area contributed by atoms with Gasteiger partial charge in [-0.05, 0) is 19.1 Å². The molecule has 0 radical (unpaired) electrons. The van der Waals surface area contributed by atoms with Crippen molar-refractivity contribution in [2.24, 2.45) is 0 Å². The molecule has 2 aromatic heterocycles. The zero-order chi connectivity index (χ0) is 11.5. The van der Waals surface area contributed by atoms with Gasteiger partial charge in [0.05, 0.1) is 28.3 Å². The predicted molar refractivity (Wildman–Crippen MR) is 60.5 cm³/mol. The summed E-state index contributed by atoms with van der Waals surface area (Å²) in [6.45, 7) is 1.90. The number of nitrogens with zero attached hydrogens (tertiary/aromatic N) is 1. The molecule has 0 bridgehead atoms. The molecule has 16 heavy (non-hydrogen) atoms. The summed E-state index contributed by atoms with van der Waals surface area (Å²) in [6.07, 6.45) is 2.14. The van der Waals surface area contributed by atoms with Crippen LogP contribution in [0.2, 0.25) is 0 Å². The fourth-order valence-electron chi connectivity index (χ4n) is 1.47. The summed E-state index contributed by atoms with van der Waals surface area (Å²) >= 11 is 1.53. The van der Waals surface area contributed by atoms with Gasteiger partial charge in [0.15, 0.2) is 0 Å².